The molecule has 13 heavy (non-hydrogen) atoms. The van der Waals surface area contributed by atoms with Crippen molar-refractivity contribution in [2.75, 3.05) is 0 Å². The van der Waals surface area contributed by atoms with Gasteiger partial charge in [-0.15, -0.1) is 0 Å². The van der Waals surface area contributed by atoms with E-state index in [0.29, 0.717) is 11.5 Å². The van der Waals surface area contributed by atoms with Gasteiger partial charge in [-0.2, -0.15) is 0 Å². The van der Waals surface area contributed by atoms with Crippen LogP contribution in [-0.4, -0.2) is 11.5 Å². The van der Waals surface area contributed by atoms with Crippen molar-refractivity contribution in [2.24, 2.45) is 0 Å². The topological polar surface area (TPSA) is 9.23 Å². The number of benzene rings is 1. The Labute approximate surface area is 83.5 Å². The lowest BCUT2D eigenvalue weighted by atomic mass is 10.3. The predicted octanol–water partition coefficient (Wildman–Crippen LogP) is 3.30. The van der Waals surface area contributed by atoms with Crippen LogP contribution >= 0.6 is 11.8 Å². The van der Waals surface area contributed by atoms with Crippen molar-refractivity contribution in [1.82, 2.24) is 0 Å². The summed E-state index contributed by atoms with van der Waals surface area (Å²) in [5.41, 5.74) is 0.373. The van der Waals surface area contributed by atoms with Crippen molar-refractivity contribution in [1.29, 1.82) is 0 Å². The van der Waals surface area contributed by atoms with E-state index in [1.807, 2.05) is 17.8 Å². The van der Waals surface area contributed by atoms with Crippen molar-refractivity contribution in [3.05, 3.63) is 30.3 Å². The first-order chi connectivity index (χ1) is 6.34. The van der Waals surface area contributed by atoms with Gasteiger partial charge in [-0.05, 0) is 31.9 Å². The Hall–Kier alpha value is -0.470. The number of rotatable bonds is 2. The maximum atomic E-state index is 5.73. The summed E-state index contributed by atoms with van der Waals surface area (Å²) in [6.45, 7) is 2.14. The molecule has 0 aliphatic carbocycles. The lowest BCUT2D eigenvalue weighted by Gasteiger charge is -2.09. The van der Waals surface area contributed by atoms with E-state index in [1.54, 1.807) is 0 Å². The van der Waals surface area contributed by atoms with Crippen LogP contribution in [0.25, 0.3) is 0 Å². The molecule has 0 amide bonds. The monoisotopic (exact) mass is 194 g/mol. The van der Waals surface area contributed by atoms with Crippen LogP contribution in [0.2, 0.25) is 0 Å². The highest BCUT2D eigenvalue weighted by atomic mass is 32.2. The van der Waals surface area contributed by atoms with Gasteiger partial charge in [0.2, 0.25) is 0 Å². The van der Waals surface area contributed by atoms with Crippen molar-refractivity contribution < 1.29 is 4.74 Å². The van der Waals surface area contributed by atoms with Crippen molar-refractivity contribution in [3.8, 4) is 0 Å². The van der Waals surface area contributed by atoms with Gasteiger partial charge in [-0.1, -0.05) is 30.0 Å². The fraction of sp³-hybridized carbons (Fsp3) is 0.455. The number of ether oxygens (including phenoxy) is 1. The molecule has 2 atom stereocenters. The molecule has 0 saturated carbocycles. The zero-order valence-corrected chi connectivity index (χ0v) is 8.59. The average Bonchev–Trinajstić information content (AvgIpc) is 2.53. The summed E-state index contributed by atoms with van der Waals surface area (Å²) in [5, 5.41) is 0. The van der Waals surface area contributed by atoms with Crippen LogP contribution in [-0.2, 0) is 4.74 Å². The van der Waals surface area contributed by atoms with E-state index in [2.05, 4.69) is 31.2 Å². The van der Waals surface area contributed by atoms with Crippen LogP contribution in [0, 0.1) is 0 Å². The highest BCUT2D eigenvalue weighted by Gasteiger charge is 2.22. The smallest absolute Gasteiger partial charge is 0.108 e. The molecule has 0 bridgehead atoms. The van der Waals surface area contributed by atoms with Gasteiger partial charge < -0.3 is 4.74 Å². The van der Waals surface area contributed by atoms with Crippen molar-refractivity contribution >= 4 is 11.8 Å². The van der Waals surface area contributed by atoms with E-state index in [1.165, 1.54) is 17.7 Å². The zero-order chi connectivity index (χ0) is 9.10. The molecule has 1 heterocycles. The minimum atomic E-state index is 0.373. The van der Waals surface area contributed by atoms with Crippen LogP contribution in [0.5, 0.6) is 0 Å². The maximum Gasteiger partial charge on any atom is 0.108 e. The Morgan fingerprint density at radius 1 is 1.23 bits per heavy atom. The van der Waals surface area contributed by atoms with Gasteiger partial charge in [-0.25, -0.2) is 0 Å². The molecule has 1 aromatic rings. The summed E-state index contributed by atoms with van der Waals surface area (Å²) in [7, 11) is 0. The van der Waals surface area contributed by atoms with Crippen LogP contribution in [0.3, 0.4) is 0 Å². The van der Waals surface area contributed by atoms with E-state index in [9.17, 15) is 0 Å². The molecule has 0 aromatic heterocycles. The third-order valence-corrected chi connectivity index (χ3v) is 3.36. The van der Waals surface area contributed by atoms with Gasteiger partial charge in [-0.3, -0.25) is 0 Å². The first kappa shape index (κ1) is 9.10. The molecule has 2 heteroatoms. The van der Waals surface area contributed by atoms with Crippen LogP contribution < -0.4 is 0 Å². The largest absolute Gasteiger partial charge is 0.364 e. The molecule has 1 fully saturated rings. The lowest BCUT2D eigenvalue weighted by molar-refractivity contribution is 0.106. The SMILES string of the molecule is C[C@H]1CC[C@H](Sc2ccccc2)O1. The molecule has 0 radical (unpaired) electrons. The molecule has 2 rings (SSSR count). The maximum absolute atomic E-state index is 5.73. The lowest BCUT2D eigenvalue weighted by Crippen LogP contribution is -2.02. The minimum Gasteiger partial charge on any atom is -0.364 e. The molecule has 1 saturated heterocycles. The van der Waals surface area contributed by atoms with Crippen LogP contribution in [0.15, 0.2) is 35.2 Å². The van der Waals surface area contributed by atoms with Gasteiger partial charge in [0.25, 0.3) is 0 Å². The third kappa shape index (κ3) is 2.48. The number of hydrogen-bond donors (Lipinski definition) is 0. The van der Waals surface area contributed by atoms with Gasteiger partial charge >= 0.3 is 0 Å². The fourth-order valence-electron chi connectivity index (χ4n) is 1.50. The summed E-state index contributed by atoms with van der Waals surface area (Å²) >= 11 is 1.83. The molecule has 1 aromatic carbocycles. The Morgan fingerprint density at radius 3 is 2.62 bits per heavy atom. The molecule has 0 N–H and O–H groups in total. The summed E-state index contributed by atoms with van der Waals surface area (Å²) in [6.07, 6.45) is 2.83. The van der Waals surface area contributed by atoms with Crippen molar-refractivity contribution in [3.63, 3.8) is 0 Å². The molecule has 0 unspecified atom stereocenters. The molecule has 1 aliphatic rings. The Bertz CT molecular complexity index is 260. The quantitative estimate of drug-likeness (QED) is 0.714. The Kier molecular flexibility index (Phi) is 2.91. The highest BCUT2D eigenvalue weighted by Crippen LogP contribution is 2.32. The van der Waals surface area contributed by atoms with Gasteiger partial charge in [0.15, 0.2) is 0 Å². The molecule has 1 aliphatic heterocycles. The summed E-state index contributed by atoms with van der Waals surface area (Å²) in [6, 6.07) is 10.5. The Morgan fingerprint density at radius 2 is 2.00 bits per heavy atom. The van der Waals surface area contributed by atoms with Gasteiger partial charge in [0.1, 0.15) is 5.44 Å². The number of thioether (sulfide) groups is 1. The van der Waals surface area contributed by atoms with Gasteiger partial charge in [0, 0.05) is 4.90 Å². The average molecular weight is 194 g/mol. The molecule has 0 spiro atoms. The number of hydrogen-bond acceptors (Lipinski definition) is 2. The summed E-state index contributed by atoms with van der Waals surface area (Å²) in [4.78, 5) is 1.31. The Balaban J connectivity index is 1.92. The second-order valence-corrected chi connectivity index (χ2v) is 4.62. The molecule has 70 valence electrons. The molecule has 1 nitrogen and oxygen atoms in total. The van der Waals surface area contributed by atoms with E-state index < -0.39 is 0 Å². The summed E-state index contributed by atoms with van der Waals surface area (Å²) in [5.74, 6) is 0. The van der Waals surface area contributed by atoms with Gasteiger partial charge in [0.05, 0.1) is 6.10 Å². The second-order valence-electron chi connectivity index (χ2n) is 3.38. The highest BCUT2D eigenvalue weighted by molar-refractivity contribution is 7.99. The van der Waals surface area contributed by atoms with Crippen LogP contribution in [0.1, 0.15) is 19.8 Å². The second kappa shape index (κ2) is 4.16. The zero-order valence-electron chi connectivity index (χ0n) is 7.77. The first-order valence-electron chi connectivity index (χ1n) is 4.72. The standard InChI is InChI=1S/C11H14OS/c1-9-7-8-11(12-9)13-10-5-3-2-4-6-10/h2-6,9,11H,7-8H2,1H3/t9-,11-/m0/s1. The third-order valence-electron chi connectivity index (χ3n) is 2.20. The van der Waals surface area contributed by atoms with E-state index >= 15 is 0 Å². The van der Waals surface area contributed by atoms with Crippen LogP contribution in [0.4, 0.5) is 0 Å². The van der Waals surface area contributed by atoms with Crippen molar-refractivity contribution in [2.45, 2.75) is 36.2 Å². The minimum absolute atomic E-state index is 0.373. The molecular formula is C11H14OS. The fourth-order valence-corrected chi connectivity index (χ4v) is 2.62. The van der Waals surface area contributed by atoms with E-state index in [0.717, 1.165) is 0 Å². The summed E-state index contributed by atoms with van der Waals surface area (Å²) < 4.78 is 5.73. The normalized spacial score (nSPS) is 27.8. The van der Waals surface area contributed by atoms with E-state index in [4.69, 9.17) is 4.74 Å². The predicted molar refractivity (Wildman–Crippen MR) is 55.9 cm³/mol. The first-order valence-corrected chi connectivity index (χ1v) is 5.60. The van der Waals surface area contributed by atoms with E-state index in [-0.39, 0.29) is 0 Å². The molecular weight excluding hydrogens is 180 g/mol.